The Hall–Kier alpha value is -1.61. The summed E-state index contributed by atoms with van der Waals surface area (Å²) in [6.07, 6.45) is -6.05. The molecule has 6 nitrogen and oxygen atoms in total. The zero-order valence-electron chi connectivity index (χ0n) is 12.8. The molecule has 1 atom stereocenters. The molecule has 0 saturated carbocycles. The fourth-order valence-corrected chi connectivity index (χ4v) is 2.54. The van der Waals surface area contributed by atoms with Crippen LogP contribution in [0.15, 0.2) is 5.10 Å². The molecule has 0 fully saturated rings. The van der Waals surface area contributed by atoms with Crippen LogP contribution in [0.5, 0.6) is 0 Å². The average molecular weight is 353 g/mol. The normalized spacial score (nSPS) is 21.7. The second-order valence-corrected chi connectivity index (χ2v) is 5.87. The Balaban J connectivity index is 2.15. The molecule has 1 amide bonds. The zero-order valence-corrected chi connectivity index (χ0v) is 13.5. The standard InChI is InChI=1S/C13H16ClF3N4O2/c1-7-6-12(23,13(15,16)17)21(18-7)10(22)4-5-20-9(3)11(14)8(2)19-20/h23H,4-6H2,1-3H3. The molecular formula is C13H16ClF3N4O2. The van der Waals surface area contributed by atoms with Crippen molar-refractivity contribution in [3.05, 3.63) is 16.4 Å². The molecule has 0 aromatic carbocycles. The van der Waals surface area contributed by atoms with Gasteiger partial charge in [-0.15, -0.1) is 0 Å². The van der Waals surface area contributed by atoms with Crippen LogP contribution >= 0.6 is 11.6 Å². The summed E-state index contributed by atoms with van der Waals surface area (Å²) in [4.78, 5) is 12.1. The number of nitrogens with zero attached hydrogens (tertiary/aromatic N) is 4. The van der Waals surface area contributed by atoms with E-state index in [9.17, 15) is 23.1 Å². The first-order chi connectivity index (χ1) is 10.5. The highest BCUT2D eigenvalue weighted by atomic mass is 35.5. The Morgan fingerprint density at radius 2 is 2.00 bits per heavy atom. The summed E-state index contributed by atoms with van der Waals surface area (Å²) in [5, 5.41) is 18.1. The van der Waals surface area contributed by atoms with Gasteiger partial charge in [0.2, 0.25) is 5.91 Å². The zero-order chi connectivity index (χ0) is 17.6. The van der Waals surface area contributed by atoms with E-state index in [1.54, 1.807) is 13.8 Å². The number of halogens is 4. The number of alkyl halides is 3. The van der Waals surface area contributed by atoms with E-state index >= 15 is 0 Å². The number of hydrazone groups is 1. The topological polar surface area (TPSA) is 70.7 Å². The van der Waals surface area contributed by atoms with Crippen molar-refractivity contribution in [2.24, 2.45) is 5.10 Å². The first kappa shape index (κ1) is 17.7. The highest BCUT2D eigenvalue weighted by Crippen LogP contribution is 2.40. The average Bonchev–Trinajstić information content (AvgIpc) is 2.88. The molecular weight excluding hydrogens is 337 g/mol. The van der Waals surface area contributed by atoms with Crippen LogP contribution in [0.3, 0.4) is 0 Å². The van der Waals surface area contributed by atoms with Gasteiger partial charge in [0.15, 0.2) is 0 Å². The second kappa shape index (κ2) is 5.79. The molecule has 1 unspecified atom stereocenters. The number of aryl methyl sites for hydroxylation is 2. The minimum absolute atomic E-state index is 0.0346. The van der Waals surface area contributed by atoms with Gasteiger partial charge in [0.05, 0.1) is 23.0 Å². The number of hydrogen-bond donors (Lipinski definition) is 1. The monoisotopic (exact) mass is 352 g/mol. The van der Waals surface area contributed by atoms with Gasteiger partial charge in [-0.3, -0.25) is 9.48 Å². The summed E-state index contributed by atoms with van der Waals surface area (Å²) in [6, 6.07) is 0. The Morgan fingerprint density at radius 3 is 2.48 bits per heavy atom. The third-order valence-corrected chi connectivity index (χ3v) is 4.19. The van der Waals surface area contributed by atoms with Crippen molar-refractivity contribution in [2.75, 3.05) is 0 Å². The van der Waals surface area contributed by atoms with Gasteiger partial charge >= 0.3 is 6.18 Å². The van der Waals surface area contributed by atoms with Gasteiger partial charge < -0.3 is 5.11 Å². The van der Waals surface area contributed by atoms with E-state index in [1.807, 2.05) is 0 Å². The van der Waals surface area contributed by atoms with E-state index in [0.717, 1.165) is 0 Å². The predicted molar refractivity (Wildman–Crippen MR) is 76.9 cm³/mol. The lowest BCUT2D eigenvalue weighted by atomic mass is 10.1. The number of aromatic nitrogens is 2. The van der Waals surface area contributed by atoms with Gasteiger partial charge in [0.1, 0.15) is 0 Å². The van der Waals surface area contributed by atoms with Gasteiger partial charge in [-0.05, 0) is 20.8 Å². The van der Waals surface area contributed by atoms with E-state index in [2.05, 4.69) is 10.2 Å². The summed E-state index contributed by atoms with van der Waals surface area (Å²) in [5.74, 6) is -0.939. The highest BCUT2D eigenvalue weighted by molar-refractivity contribution is 6.31. The minimum atomic E-state index is -4.99. The maximum atomic E-state index is 13.1. The molecule has 0 spiro atoms. The summed E-state index contributed by atoms with van der Waals surface area (Å²) >= 11 is 5.98. The molecule has 1 aromatic rings. The molecule has 1 aliphatic rings. The van der Waals surface area contributed by atoms with Crippen LogP contribution in [0.1, 0.15) is 31.2 Å². The van der Waals surface area contributed by atoms with E-state index in [-0.39, 0.29) is 23.7 Å². The number of rotatable bonds is 3. The van der Waals surface area contributed by atoms with Gasteiger partial charge in [-0.2, -0.15) is 28.4 Å². The molecule has 10 heteroatoms. The van der Waals surface area contributed by atoms with Crippen molar-refractivity contribution >= 4 is 23.2 Å². The van der Waals surface area contributed by atoms with Crippen LogP contribution in [0, 0.1) is 13.8 Å². The first-order valence-electron chi connectivity index (χ1n) is 6.83. The molecule has 2 heterocycles. The van der Waals surface area contributed by atoms with Crippen molar-refractivity contribution in [1.82, 2.24) is 14.8 Å². The lowest BCUT2D eigenvalue weighted by Crippen LogP contribution is -2.56. The van der Waals surface area contributed by atoms with E-state index in [4.69, 9.17) is 11.6 Å². The van der Waals surface area contributed by atoms with Crippen LogP contribution in [0.25, 0.3) is 0 Å². The first-order valence-corrected chi connectivity index (χ1v) is 7.21. The molecule has 23 heavy (non-hydrogen) atoms. The highest BCUT2D eigenvalue weighted by Gasteiger charge is 2.62. The third-order valence-electron chi connectivity index (χ3n) is 3.64. The van der Waals surface area contributed by atoms with Crippen LogP contribution in [-0.2, 0) is 11.3 Å². The molecule has 1 aliphatic heterocycles. The maximum absolute atomic E-state index is 13.1. The van der Waals surface area contributed by atoms with Crippen LogP contribution in [0.4, 0.5) is 13.2 Å². The van der Waals surface area contributed by atoms with Crippen LogP contribution in [0.2, 0.25) is 5.02 Å². The number of amides is 1. The Labute approximate surface area is 135 Å². The molecule has 128 valence electrons. The van der Waals surface area contributed by atoms with Crippen LogP contribution < -0.4 is 0 Å². The quantitative estimate of drug-likeness (QED) is 0.908. The predicted octanol–water partition coefficient (Wildman–Crippen LogP) is 2.40. The fraction of sp³-hybridized carbons (Fsp3) is 0.615. The summed E-state index contributed by atoms with van der Waals surface area (Å²) in [5.41, 5.74) is -2.07. The molecule has 0 bridgehead atoms. The largest absolute Gasteiger partial charge is 0.438 e. The van der Waals surface area contributed by atoms with E-state index in [1.165, 1.54) is 11.6 Å². The number of carbonyl (C=O) groups excluding carboxylic acids is 1. The lowest BCUT2D eigenvalue weighted by molar-refractivity contribution is -0.302. The lowest BCUT2D eigenvalue weighted by Gasteiger charge is -2.32. The molecule has 0 radical (unpaired) electrons. The number of carbonyl (C=O) groups is 1. The SMILES string of the molecule is CC1=NN(C(=O)CCn2nc(C)c(Cl)c2C)C(O)(C(F)(F)F)C1. The maximum Gasteiger partial charge on any atom is 0.438 e. The van der Waals surface area contributed by atoms with Crippen molar-refractivity contribution in [1.29, 1.82) is 0 Å². The summed E-state index contributed by atoms with van der Waals surface area (Å²) in [6.45, 7) is 4.74. The Morgan fingerprint density at radius 1 is 1.39 bits per heavy atom. The summed E-state index contributed by atoms with van der Waals surface area (Å²) in [7, 11) is 0. The van der Waals surface area contributed by atoms with Crippen molar-refractivity contribution in [3.8, 4) is 0 Å². The summed E-state index contributed by atoms with van der Waals surface area (Å²) < 4.78 is 40.6. The van der Waals surface area contributed by atoms with Gasteiger partial charge in [-0.1, -0.05) is 11.6 Å². The van der Waals surface area contributed by atoms with Gasteiger partial charge in [-0.25, -0.2) is 0 Å². The Bertz CT molecular complexity index is 671. The Kier molecular flexibility index (Phi) is 4.46. The second-order valence-electron chi connectivity index (χ2n) is 5.49. The molecule has 0 aliphatic carbocycles. The van der Waals surface area contributed by atoms with Crippen molar-refractivity contribution < 1.29 is 23.1 Å². The minimum Gasteiger partial charge on any atom is -0.362 e. The van der Waals surface area contributed by atoms with E-state index < -0.39 is 24.2 Å². The van der Waals surface area contributed by atoms with Crippen molar-refractivity contribution in [3.63, 3.8) is 0 Å². The molecule has 1 aromatic heterocycles. The number of hydrogen-bond acceptors (Lipinski definition) is 4. The molecule has 1 N–H and O–H groups in total. The van der Waals surface area contributed by atoms with E-state index in [0.29, 0.717) is 16.4 Å². The fourth-order valence-electron chi connectivity index (χ4n) is 2.40. The van der Waals surface area contributed by atoms with Crippen LogP contribution in [-0.4, -0.2) is 43.4 Å². The molecule has 0 saturated heterocycles. The number of aliphatic hydroxyl groups is 1. The third kappa shape index (κ3) is 3.07. The van der Waals surface area contributed by atoms with Gasteiger partial charge in [0, 0.05) is 18.6 Å². The molecule has 2 rings (SSSR count). The van der Waals surface area contributed by atoms with Crippen molar-refractivity contribution in [2.45, 2.75) is 52.1 Å². The smallest absolute Gasteiger partial charge is 0.362 e. The van der Waals surface area contributed by atoms with Gasteiger partial charge in [0.25, 0.3) is 5.72 Å².